The zero-order valence-electron chi connectivity index (χ0n) is 14.6. The summed E-state index contributed by atoms with van der Waals surface area (Å²) < 4.78 is 4.85. The molecule has 1 aliphatic rings. The van der Waals surface area contributed by atoms with E-state index in [1.807, 2.05) is 6.07 Å². The molecule has 1 aliphatic heterocycles. The Bertz CT molecular complexity index is 612. The first kappa shape index (κ1) is 18.1. The van der Waals surface area contributed by atoms with Crippen molar-refractivity contribution in [2.24, 2.45) is 5.92 Å². The fraction of sp³-hybridized carbons (Fsp3) is 0.556. The van der Waals surface area contributed by atoms with Crippen LogP contribution in [-0.4, -0.2) is 43.3 Å². The molecule has 1 fully saturated rings. The molecule has 1 saturated heterocycles. The van der Waals surface area contributed by atoms with Crippen LogP contribution in [0, 0.1) is 17.2 Å². The summed E-state index contributed by atoms with van der Waals surface area (Å²) in [6, 6.07) is 7.93. The summed E-state index contributed by atoms with van der Waals surface area (Å²) in [5.41, 5.74) is 1.80. The molecule has 2 atom stereocenters. The van der Waals surface area contributed by atoms with Crippen LogP contribution in [0.15, 0.2) is 18.2 Å². The van der Waals surface area contributed by atoms with E-state index in [2.05, 4.69) is 35.5 Å². The Labute approximate surface area is 143 Å². The molecule has 1 heterocycles. The highest BCUT2D eigenvalue weighted by Gasteiger charge is 2.25. The number of piperidine rings is 1. The molecule has 24 heavy (non-hydrogen) atoms. The largest absolute Gasteiger partial charge is 0.450 e. The molecule has 6 heteroatoms. The van der Waals surface area contributed by atoms with E-state index in [1.165, 1.54) is 0 Å². The molecule has 1 amide bonds. The Morgan fingerprint density at radius 2 is 2.25 bits per heavy atom. The molecular formula is C18H26N4O2. The van der Waals surface area contributed by atoms with Crippen LogP contribution in [0.3, 0.4) is 0 Å². The van der Waals surface area contributed by atoms with Crippen LogP contribution in [0.25, 0.3) is 0 Å². The number of hydrogen-bond donors (Lipinski definition) is 2. The fourth-order valence-electron chi connectivity index (χ4n) is 3.06. The van der Waals surface area contributed by atoms with E-state index in [4.69, 9.17) is 4.74 Å². The summed E-state index contributed by atoms with van der Waals surface area (Å²) >= 11 is 0. The normalized spacial score (nSPS) is 20.9. The summed E-state index contributed by atoms with van der Waals surface area (Å²) in [7, 11) is 0. The van der Waals surface area contributed by atoms with Crippen LogP contribution in [0.1, 0.15) is 32.8 Å². The standard InChI is InChI=1S/C18H26N4O2/c1-4-22-9-8-16(13(3)12-22)20-15-6-7-17(14(10-15)11-19)21-18(23)24-5-2/h6-7,10,13,16,20H,4-5,8-9,12H2,1-3H3,(H,21,23)/t13-,16-/m1/s1. The van der Waals surface area contributed by atoms with E-state index >= 15 is 0 Å². The first-order valence-corrected chi connectivity index (χ1v) is 8.54. The van der Waals surface area contributed by atoms with Crippen LogP contribution in [-0.2, 0) is 4.74 Å². The molecule has 0 aliphatic carbocycles. The topological polar surface area (TPSA) is 77.4 Å². The third kappa shape index (κ3) is 4.62. The second-order valence-corrected chi connectivity index (χ2v) is 6.13. The highest BCUT2D eigenvalue weighted by Crippen LogP contribution is 2.24. The lowest BCUT2D eigenvalue weighted by Gasteiger charge is -2.37. The molecule has 1 aromatic carbocycles. The number of hydrogen-bond acceptors (Lipinski definition) is 5. The zero-order valence-corrected chi connectivity index (χ0v) is 14.6. The van der Waals surface area contributed by atoms with Gasteiger partial charge in [0.05, 0.1) is 17.9 Å². The van der Waals surface area contributed by atoms with E-state index in [0.717, 1.165) is 31.7 Å². The number of anilines is 2. The fourth-order valence-corrected chi connectivity index (χ4v) is 3.06. The molecule has 0 spiro atoms. The third-order valence-corrected chi connectivity index (χ3v) is 4.44. The van der Waals surface area contributed by atoms with Crippen LogP contribution >= 0.6 is 0 Å². The van der Waals surface area contributed by atoms with E-state index in [-0.39, 0.29) is 0 Å². The van der Waals surface area contributed by atoms with Crippen molar-refractivity contribution in [1.29, 1.82) is 5.26 Å². The lowest BCUT2D eigenvalue weighted by Crippen LogP contribution is -2.45. The molecule has 1 aromatic rings. The molecule has 0 aromatic heterocycles. The van der Waals surface area contributed by atoms with Gasteiger partial charge in [-0.15, -0.1) is 0 Å². The van der Waals surface area contributed by atoms with Crippen molar-refractivity contribution in [2.75, 3.05) is 36.9 Å². The molecule has 0 unspecified atom stereocenters. The summed E-state index contributed by atoms with van der Waals surface area (Å²) in [5.74, 6) is 0.543. The van der Waals surface area contributed by atoms with Gasteiger partial charge in [-0.3, -0.25) is 5.32 Å². The Morgan fingerprint density at radius 1 is 1.46 bits per heavy atom. The van der Waals surface area contributed by atoms with Gasteiger partial charge >= 0.3 is 6.09 Å². The Kier molecular flexibility index (Phi) is 6.44. The van der Waals surface area contributed by atoms with Gasteiger partial charge in [0.15, 0.2) is 0 Å². The lowest BCUT2D eigenvalue weighted by atomic mass is 9.93. The van der Waals surface area contributed by atoms with E-state index in [0.29, 0.717) is 29.8 Å². The minimum absolute atomic E-state index is 0.293. The number of amides is 1. The van der Waals surface area contributed by atoms with Crippen molar-refractivity contribution in [2.45, 2.75) is 33.2 Å². The number of carbonyl (C=O) groups excluding carboxylic acids is 1. The van der Waals surface area contributed by atoms with Crippen LogP contribution in [0.5, 0.6) is 0 Å². The summed E-state index contributed by atoms with van der Waals surface area (Å²) in [5, 5.41) is 15.5. The Hall–Kier alpha value is -2.26. The molecule has 0 radical (unpaired) electrons. The second-order valence-electron chi connectivity index (χ2n) is 6.13. The van der Waals surface area contributed by atoms with E-state index in [9.17, 15) is 10.1 Å². The summed E-state index contributed by atoms with van der Waals surface area (Å²) in [4.78, 5) is 14.0. The van der Waals surface area contributed by atoms with Crippen molar-refractivity contribution in [3.8, 4) is 6.07 Å². The first-order chi connectivity index (χ1) is 11.6. The second kappa shape index (κ2) is 8.55. The number of nitrogens with one attached hydrogen (secondary N) is 2. The number of likely N-dealkylation sites (tertiary alicyclic amines) is 1. The molecule has 130 valence electrons. The monoisotopic (exact) mass is 330 g/mol. The van der Waals surface area contributed by atoms with Gasteiger partial charge in [-0.25, -0.2) is 4.79 Å². The van der Waals surface area contributed by atoms with Crippen molar-refractivity contribution >= 4 is 17.5 Å². The van der Waals surface area contributed by atoms with Gasteiger partial charge in [-0.05, 0) is 44.0 Å². The molecule has 2 N–H and O–H groups in total. The number of benzene rings is 1. The molecular weight excluding hydrogens is 304 g/mol. The number of carbonyl (C=O) groups is 1. The van der Waals surface area contributed by atoms with Crippen LogP contribution < -0.4 is 10.6 Å². The van der Waals surface area contributed by atoms with Gasteiger partial charge in [0, 0.05) is 24.8 Å². The maximum absolute atomic E-state index is 11.5. The number of nitrogens with zero attached hydrogens (tertiary/aromatic N) is 2. The lowest BCUT2D eigenvalue weighted by molar-refractivity contribution is 0.168. The maximum atomic E-state index is 11.5. The zero-order chi connectivity index (χ0) is 17.5. The molecule has 0 saturated carbocycles. The molecule has 6 nitrogen and oxygen atoms in total. The Balaban J connectivity index is 2.04. The van der Waals surface area contributed by atoms with Gasteiger partial charge in [0.25, 0.3) is 0 Å². The smallest absolute Gasteiger partial charge is 0.411 e. The number of ether oxygens (including phenoxy) is 1. The van der Waals surface area contributed by atoms with Crippen molar-refractivity contribution < 1.29 is 9.53 Å². The Morgan fingerprint density at radius 3 is 2.88 bits per heavy atom. The maximum Gasteiger partial charge on any atom is 0.411 e. The SMILES string of the molecule is CCOC(=O)Nc1ccc(N[C@@H]2CCN(CC)C[C@H]2C)cc1C#N. The van der Waals surface area contributed by atoms with Crippen LogP contribution in [0.4, 0.5) is 16.2 Å². The molecule has 2 rings (SSSR count). The van der Waals surface area contributed by atoms with Gasteiger partial charge in [-0.2, -0.15) is 5.26 Å². The van der Waals surface area contributed by atoms with E-state index in [1.54, 1.807) is 19.1 Å². The van der Waals surface area contributed by atoms with Crippen molar-refractivity contribution in [1.82, 2.24) is 4.90 Å². The van der Waals surface area contributed by atoms with Crippen molar-refractivity contribution in [3.05, 3.63) is 23.8 Å². The minimum Gasteiger partial charge on any atom is -0.450 e. The van der Waals surface area contributed by atoms with Crippen LogP contribution in [0.2, 0.25) is 0 Å². The van der Waals surface area contributed by atoms with Gasteiger partial charge in [-0.1, -0.05) is 13.8 Å². The third-order valence-electron chi connectivity index (χ3n) is 4.44. The average Bonchev–Trinajstić information content (AvgIpc) is 2.58. The average molecular weight is 330 g/mol. The van der Waals surface area contributed by atoms with Gasteiger partial charge in [0.2, 0.25) is 0 Å². The number of nitriles is 1. The number of rotatable bonds is 5. The summed E-state index contributed by atoms with van der Waals surface area (Å²) in [6.45, 7) is 9.73. The first-order valence-electron chi connectivity index (χ1n) is 8.54. The van der Waals surface area contributed by atoms with Gasteiger partial charge < -0.3 is 15.0 Å². The summed E-state index contributed by atoms with van der Waals surface area (Å²) in [6.07, 6.45) is 0.537. The predicted molar refractivity (Wildman–Crippen MR) is 95.1 cm³/mol. The predicted octanol–water partition coefficient (Wildman–Crippen LogP) is 3.27. The van der Waals surface area contributed by atoms with E-state index < -0.39 is 6.09 Å². The highest BCUT2D eigenvalue weighted by molar-refractivity contribution is 5.87. The van der Waals surface area contributed by atoms with Crippen molar-refractivity contribution in [3.63, 3.8) is 0 Å². The molecule has 0 bridgehead atoms. The van der Waals surface area contributed by atoms with Gasteiger partial charge in [0.1, 0.15) is 6.07 Å². The highest BCUT2D eigenvalue weighted by atomic mass is 16.5. The minimum atomic E-state index is -0.546. The quantitative estimate of drug-likeness (QED) is 0.866.